The molecule has 0 aromatic carbocycles. The Labute approximate surface area is 135 Å². The fourth-order valence-corrected chi connectivity index (χ4v) is 3.10. The smallest absolute Gasteiger partial charge is 0.181 e. The highest BCUT2D eigenvalue weighted by Gasteiger charge is 2.14. The van der Waals surface area contributed by atoms with Crippen molar-refractivity contribution >= 4 is 37.7 Å². The molecule has 6 heteroatoms. The van der Waals surface area contributed by atoms with Gasteiger partial charge in [0, 0.05) is 32.9 Å². The molecule has 0 aliphatic carbocycles. The molecule has 0 saturated carbocycles. The number of hydrogen-bond donors (Lipinski definition) is 1. The van der Waals surface area contributed by atoms with E-state index in [0.29, 0.717) is 5.82 Å². The second kappa shape index (κ2) is 6.63. The van der Waals surface area contributed by atoms with Gasteiger partial charge in [-0.05, 0) is 58.2 Å². The van der Waals surface area contributed by atoms with E-state index >= 15 is 0 Å². The van der Waals surface area contributed by atoms with Crippen molar-refractivity contribution in [1.29, 1.82) is 0 Å². The monoisotopic (exact) mass is 398 g/mol. The third kappa shape index (κ3) is 3.17. The Bertz CT molecular complexity index is 629. The second-order valence-corrected chi connectivity index (χ2v) is 6.11. The Hall–Kier alpha value is -1.01. The molecule has 0 spiro atoms. The molecule has 0 saturated heterocycles. The summed E-state index contributed by atoms with van der Waals surface area (Å²) >= 11 is 6.92. The van der Waals surface area contributed by atoms with Crippen molar-refractivity contribution in [3.8, 4) is 11.5 Å². The average molecular weight is 400 g/mol. The number of pyridine rings is 1. The molecule has 0 radical (unpaired) electrons. The van der Waals surface area contributed by atoms with E-state index in [1.807, 2.05) is 13.0 Å². The maximum Gasteiger partial charge on any atom is 0.181 e. The Morgan fingerprint density at radius 3 is 2.55 bits per heavy atom. The van der Waals surface area contributed by atoms with Crippen LogP contribution in [0.1, 0.15) is 25.1 Å². The summed E-state index contributed by atoms with van der Waals surface area (Å²) in [5.41, 5.74) is 2.90. The number of halogens is 2. The van der Waals surface area contributed by atoms with Crippen molar-refractivity contribution in [1.82, 2.24) is 15.0 Å². The highest BCUT2D eigenvalue weighted by atomic mass is 79.9. The van der Waals surface area contributed by atoms with E-state index in [0.717, 1.165) is 44.7 Å². The number of rotatable bonds is 4. The van der Waals surface area contributed by atoms with Gasteiger partial charge in [-0.3, -0.25) is 4.98 Å². The summed E-state index contributed by atoms with van der Waals surface area (Å²) in [6.45, 7) is 7.03. The van der Waals surface area contributed by atoms with Gasteiger partial charge in [-0.2, -0.15) is 0 Å². The molecule has 0 aliphatic heterocycles. The summed E-state index contributed by atoms with van der Waals surface area (Å²) in [4.78, 5) is 13.6. The molecular weight excluding hydrogens is 384 g/mol. The van der Waals surface area contributed by atoms with Crippen molar-refractivity contribution in [3.05, 3.63) is 32.5 Å². The van der Waals surface area contributed by atoms with E-state index in [1.54, 1.807) is 6.20 Å². The van der Waals surface area contributed by atoms with E-state index in [9.17, 15) is 0 Å². The van der Waals surface area contributed by atoms with Gasteiger partial charge in [-0.1, -0.05) is 6.92 Å². The summed E-state index contributed by atoms with van der Waals surface area (Å²) in [7, 11) is 0. The molecule has 2 aromatic heterocycles. The topological polar surface area (TPSA) is 50.7 Å². The predicted molar refractivity (Wildman–Crippen MR) is 88.9 cm³/mol. The van der Waals surface area contributed by atoms with Crippen LogP contribution in [0.15, 0.2) is 21.2 Å². The first kappa shape index (κ1) is 15.4. The molecule has 20 heavy (non-hydrogen) atoms. The van der Waals surface area contributed by atoms with Gasteiger partial charge in [-0.25, -0.2) is 9.97 Å². The predicted octanol–water partition coefficient (Wildman–Crippen LogP) is 4.37. The minimum atomic E-state index is 0.641. The molecule has 2 heterocycles. The van der Waals surface area contributed by atoms with Gasteiger partial charge in [0.25, 0.3) is 0 Å². The van der Waals surface area contributed by atoms with Crippen LogP contribution < -0.4 is 5.32 Å². The highest BCUT2D eigenvalue weighted by Crippen LogP contribution is 2.28. The number of nitrogens with zero attached hydrogens (tertiary/aromatic N) is 3. The molecule has 4 nitrogen and oxygen atoms in total. The second-order valence-electron chi connectivity index (χ2n) is 4.34. The summed E-state index contributed by atoms with van der Waals surface area (Å²) in [6.07, 6.45) is 2.62. The Balaban J connectivity index is 2.58. The van der Waals surface area contributed by atoms with E-state index < -0.39 is 0 Å². The van der Waals surface area contributed by atoms with Gasteiger partial charge in [0.2, 0.25) is 0 Å². The summed E-state index contributed by atoms with van der Waals surface area (Å²) in [6, 6.07) is 1.95. The number of nitrogens with one attached hydrogen (secondary N) is 1. The van der Waals surface area contributed by atoms with Gasteiger partial charge >= 0.3 is 0 Å². The Morgan fingerprint density at radius 2 is 1.95 bits per heavy atom. The lowest BCUT2D eigenvalue weighted by Gasteiger charge is -2.12. The van der Waals surface area contributed by atoms with Crippen LogP contribution in [0, 0.1) is 6.92 Å². The van der Waals surface area contributed by atoms with Gasteiger partial charge in [0.15, 0.2) is 5.82 Å². The number of aryl methyl sites for hydroxylation is 1. The van der Waals surface area contributed by atoms with Crippen molar-refractivity contribution in [3.63, 3.8) is 0 Å². The largest absolute Gasteiger partial charge is 0.370 e. The van der Waals surface area contributed by atoms with Gasteiger partial charge in [0.1, 0.15) is 11.5 Å². The number of aromatic nitrogens is 3. The normalized spacial score (nSPS) is 10.7. The quantitative estimate of drug-likeness (QED) is 0.829. The molecular formula is C14H16Br2N4. The van der Waals surface area contributed by atoms with Crippen molar-refractivity contribution < 1.29 is 0 Å². The Kier molecular flexibility index (Phi) is 5.10. The lowest BCUT2D eigenvalue weighted by atomic mass is 10.2. The van der Waals surface area contributed by atoms with E-state index in [4.69, 9.17) is 0 Å². The summed E-state index contributed by atoms with van der Waals surface area (Å²) in [5, 5.41) is 3.29. The fraction of sp³-hybridized carbons (Fsp3) is 0.357. The minimum absolute atomic E-state index is 0.641. The first-order valence-corrected chi connectivity index (χ1v) is 8.08. The molecule has 1 N–H and O–H groups in total. The zero-order chi connectivity index (χ0) is 14.7. The van der Waals surface area contributed by atoms with Crippen LogP contribution in [-0.4, -0.2) is 21.5 Å². The third-order valence-electron chi connectivity index (χ3n) is 2.95. The molecule has 2 aromatic rings. The van der Waals surface area contributed by atoms with E-state index in [1.165, 1.54) is 0 Å². The molecule has 106 valence electrons. The van der Waals surface area contributed by atoms with Crippen LogP contribution in [0.5, 0.6) is 0 Å². The van der Waals surface area contributed by atoms with Crippen LogP contribution in [0.2, 0.25) is 0 Å². The van der Waals surface area contributed by atoms with Gasteiger partial charge < -0.3 is 5.32 Å². The SMILES string of the molecule is CCNc1nc(-c2ncc(Br)cc2Br)nc(CC)c1C. The van der Waals surface area contributed by atoms with Crippen LogP contribution in [0.25, 0.3) is 11.5 Å². The van der Waals surface area contributed by atoms with Crippen LogP contribution in [0.3, 0.4) is 0 Å². The zero-order valence-electron chi connectivity index (χ0n) is 11.7. The molecule has 0 atom stereocenters. The van der Waals surface area contributed by atoms with E-state index in [-0.39, 0.29) is 0 Å². The van der Waals surface area contributed by atoms with Crippen LogP contribution in [0.4, 0.5) is 5.82 Å². The minimum Gasteiger partial charge on any atom is -0.370 e. The number of hydrogen-bond acceptors (Lipinski definition) is 4. The first-order chi connectivity index (χ1) is 9.56. The van der Waals surface area contributed by atoms with Crippen LogP contribution >= 0.6 is 31.9 Å². The Morgan fingerprint density at radius 1 is 1.20 bits per heavy atom. The standard InChI is InChI=1S/C14H16Br2N4/c1-4-11-8(3)13(17-5-2)20-14(19-11)12-10(16)6-9(15)7-18-12/h6-7H,4-5H2,1-3H3,(H,17,19,20). The van der Waals surface area contributed by atoms with Crippen molar-refractivity contribution in [2.24, 2.45) is 0 Å². The molecule has 0 aliphatic rings. The zero-order valence-corrected chi connectivity index (χ0v) is 14.8. The third-order valence-corrected chi connectivity index (χ3v) is 3.98. The maximum absolute atomic E-state index is 4.64. The molecule has 2 rings (SSSR count). The molecule has 0 unspecified atom stereocenters. The average Bonchev–Trinajstić information content (AvgIpc) is 2.41. The van der Waals surface area contributed by atoms with Gasteiger partial charge in [-0.15, -0.1) is 0 Å². The first-order valence-electron chi connectivity index (χ1n) is 6.49. The number of anilines is 1. The highest BCUT2D eigenvalue weighted by molar-refractivity contribution is 9.11. The van der Waals surface area contributed by atoms with Crippen molar-refractivity contribution in [2.75, 3.05) is 11.9 Å². The lowest BCUT2D eigenvalue weighted by Crippen LogP contribution is -2.08. The van der Waals surface area contributed by atoms with E-state index in [2.05, 4.69) is 66.0 Å². The van der Waals surface area contributed by atoms with Crippen molar-refractivity contribution in [2.45, 2.75) is 27.2 Å². The van der Waals surface area contributed by atoms with Gasteiger partial charge in [0.05, 0.1) is 0 Å². The summed E-state index contributed by atoms with van der Waals surface area (Å²) in [5.74, 6) is 1.52. The summed E-state index contributed by atoms with van der Waals surface area (Å²) < 4.78 is 1.79. The molecule has 0 bridgehead atoms. The molecule has 0 amide bonds. The maximum atomic E-state index is 4.64. The van der Waals surface area contributed by atoms with Crippen LogP contribution in [-0.2, 0) is 6.42 Å². The lowest BCUT2D eigenvalue weighted by molar-refractivity contribution is 0.963. The molecule has 0 fully saturated rings. The fourth-order valence-electron chi connectivity index (χ4n) is 1.93.